The Morgan fingerprint density at radius 1 is 1.05 bits per heavy atom. The fraction of sp³-hybridized carbons (Fsp3) is 0.200. The summed E-state index contributed by atoms with van der Waals surface area (Å²) in [5.41, 5.74) is 1.91. The highest BCUT2D eigenvalue weighted by molar-refractivity contribution is 7.84. The van der Waals surface area contributed by atoms with Crippen molar-refractivity contribution in [2.45, 2.75) is 5.75 Å². The van der Waals surface area contributed by atoms with E-state index < -0.39 is 15.7 Å². The Morgan fingerprint density at radius 2 is 1.71 bits per heavy atom. The van der Waals surface area contributed by atoms with Crippen LogP contribution in [-0.2, 0) is 16.6 Å². The lowest BCUT2D eigenvalue weighted by Gasteiger charge is -2.06. The number of nitrogens with zero attached hydrogens (tertiary/aromatic N) is 1. The van der Waals surface area contributed by atoms with E-state index in [1.54, 1.807) is 12.1 Å². The van der Waals surface area contributed by atoms with Crippen molar-refractivity contribution in [1.82, 2.24) is 0 Å². The first kappa shape index (κ1) is 15.2. The van der Waals surface area contributed by atoms with E-state index in [4.69, 9.17) is 0 Å². The standard InChI is InChI=1S/C15H16N2O3S/c18-17(19)15-8-6-14(7-9-15)16-10-11-21(20)12-13-4-2-1-3-5-13/h1-9,16H,10-12H2. The van der Waals surface area contributed by atoms with Crippen LogP contribution in [0.1, 0.15) is 5.56 Å². The molecule has 5 nitrogen and oxygen atoms in total. The minimum absolute atomic E-state index is 0.0632. The van der Waals surface area contributed by atoms with E-state index in [-0.39, 0.29) is 5.69 Å². The molecule has 6 heteroatoms. The van der Waals surface area contributed by atoms with Crippen molar-refractivity contribution < 1.29 is 9.13 Å². The Labute approximate surface area is 125 Å². The molecule has 0 bridgehead atoms. The lowest BCUT2D eigenvalue weighted by atomic mass is 10.2. The van der Waals surface area contributed by atoms with Crippen molar-refractivity contribution in [3.05, 3.63) is 70.3 Å². The summed E-state index contributed by atoms with van der Waals surface area (Å²) in [5.74, 6) is 1.08. The quantitative estimate of drug-likeness (QED) is 0.630. The molecule has 0 saturated heterocycles. The van der Waals surface area contributed by atoms with Gasteiger partial charge in [0.25, 0.3) is 5.69 Å². The largest absolute Gasteiger partial charge is 0.384 e. The Morgan fingerprint density at radius 3 is 2.33 bits per heavy atom. The van der Waals surface area contributed by atoms with Gasteiger partial charge in [0, 0.05) is 46.7 Å². The van der Waals surface area contributed by atoms with E-state index in [1.165, 1.54) is 12.1 Å². The van der Waals surface area contributed by atoms with Crippen LogP contribution >= 0.6 is 0 Å². The molecule has 0 aliphatic carbocycles. The van der Waals surface area contributed by atoms with Crippen molar-refractivity contribution in [3.8, 4) is 0 Å². The number of anilines is 1. The number of rotatable bonds is 7. The van der Waals surface area contributed by atoms with Gasteiger partial charge in [0.05, 0.1) is 4.92 Å². The first-order valence-corrected chi connectivity index (χ1v) is 8.01. The van der Waals surface area contributed by atoms with Crippen LogP contribution in [0.3, 0.4) is 0 Å². The zero-order valence-electron chi connectivity index (χ0n) is 11.4. The van der Waals surface area contributed by atoms with Crippen LogP contribution in [0.5, 0.6) is 0 Å². The summed E-state index contributed by atoms with van der Waals surface area (Å²) in [6.45, 7) is 0.567. The van der Waals surface area contributed by atoms with Gasteiger partial charge in [0.15, 0.2) is 0 Å². The monoisotopic (exact) mass is 304 g/mol. The van der Waals surface area contributed by atoms with Gasteiger partial charge in [-0.3, -0.25) is 14.3 Å². The fourth-order valence-corrected chi connectivity index (χ4v) is 2.88. The third-order valence-corrected chi connectivity index (χ3v) is 4.22. The fourth-order valence-electron chi connectivity index (χ4n) is 1.84. The molecule has 0 aromatic heterocycles. The second kappa shape index (κ2) is 7.54. The van der Waals surface area contributed by atoms with E-state index in [0.717, 1.165) is 11.3 Å². The minimum Gasteiger partial charge on any atom is -0.384 e. The molecule has 0 amide bonds. The topological polar surface area (TPSA) is 72.2 Å². The Balaban J connectivity index is 1.76. The Kier molecular flexibility index (Phi) is 5.45. The predicted octanol–water partition coefficient (Wildman–Crippen LogP) is 2.96. The first-order chi connectivity index (χ1) is 10.1. The van der Waals surface area contributed by atoms with Crippen LogP contribution in [0.4, 0.5) is 11.4 Å². The van der Waals surface area contributed by atoms with E-state index >= 15 is 0 Å². The van der Waals surface area contributed by atoms with Crippen molar-refractivity contribution in [3.63, 3.8) is 0 Å². The van der Waals surface area contributed by atoms with Gasteiger partial charge in [-0.15, -0.1) is 0 Å². The van der Waals surface area contributed by atoms with Gasteiger partial charge in [-0.2, -0.15) is 0 Å². The highest BCUT2D eigenvalue weighted by atomic mass is 32.2. The predicted molar refractivity (Wildman–Crippen MR) is 84.7 cm³/mol. The molecule has 1 N–H and O–H groups in total. The van der Waals surface area contributed by atoms with Crippen molar-refractivity contribution >= 4 is 22.2 Å². The molecule has 110 valence electrons. The zero-order chi connectivity index (χ0) is 15.1. The maximum atomic E-state index is 11.9. The summed E-state index contributed by atoms with van der Waals surface area (Å²) in [6, 6.07) is 15.9. The summed E-state index contributed by atoms with van der Waals surface area (Å²) in [4.78, 5) is 10.1. The second-order valence-electron chi connectivity index (χ2n) is 4.50. The van der Waals surface area contributed by atoms with Crippen LogP contribution < -0.4 is 5.32 Å². The van der Waals surface area contributed by atoms with Crippen LogP contribution in [-0.4, -0.2) is 21.4 Å². The summed E-state index contributed by atoms with van der Waals surface area (Å²) in [7, 11) is -0.927. The number of hydrogen-bond donors (Lipinski definition) is 1. The van der Waals surface area contributed by atoms with Crippen LogP contribution in [0, 0.1) is 10.1 Å². The molecule has 0 heterocycles. The maximum absolute atomic E-state index is 11.9. The van der Waals surface area contributed by atoms with E-state index in [2.05, 4.69) is 5.32 Å². The molecule has 0 radical (unpaired) electrons. The number of hydrogen-bond acceptors (Lipinski definition) is 4. The van der Waals surface area contributed by atoms with Crippen molar-refractivity contribution in [2.24, 2.45) is 0 Å². The number of non-ortho nitro benzene ring substituents is 1. The molecule has 0 aliphatic rings. The molecule has 21 heavy (non-hydrogen) atoms. The molecule has 1 unspecified atom stereocenters. The molecule has 0 spiro atoms. The second-order valence-corrected chi connectivity index (χ2v) is 6.08. The number of nitro groups is 1. The van der Waals surface area contributed by atoms with Crippen LogP contribution in [0.25, 0.3) is 0 Å². The number of nitro benzene ring substituents is 1. The molecule has 1 atom stereocenters. The van der Waals surface area contributed by atoms with Crippen LogP contribution in [0.15, 0.2) is 54.6 Å². The summed E-state index contributed by atoms with van der Waals surface area (Å²) in [5, 5.41) is 13.6. The average Bonchev–Trinajstić information content (AvgIpc) is 2.49. The number of nitrogens with one attached hydrogen (secondary N) is 1. The first-order valence-electron chi connectivity index (χ1n) is 6.52. The molecular weight excluding hydrogens is 288 g/mol. The van der Waals surface area contributed by atoms with E-state index in [1.807, 2.05) is 30.3 Å². The third kappa shape index (κ3) is 5.00. The van der Waals surface area contributed by atoms with Gasteiger partial charge < -0.3 is 5.32 Å². The van der Waals surface area contributed by atoms with Crippen LogP contribution in [0.2, 0.25) is 0 Å². The summed E-state index contributed by atoms with van der Waals surface area (Å²) >= 11 is 0. The molecule has 2 rings (SSSR count). The molecule has 0 aliphatic heterocycles. The number of benzene rings is 2. The van der Waals surface area contributed by atoms with Gasteiger partial charge in [0.1, 0.15) is 0 Å². The molecular formula is C15H16N2O3S. The van der Waals surface area contributed by atoms with Gasteiger partial charge in [-0.25, -0.2) is 0 Å². The smallest absolute Gasteiger partial charge is 0.269 e. The van der Waals surface area contributed by atoms with Crippen molar-refractivity contribution in [1.29, 1.82) is 0 Å². The van der Waals surface area contributed by atoms with Gasteiger partial charge >= 0.3 is 0 Å². The van der Waals surface area contributed by atoms with E-state index in [9.17, 15) is 14.3 Å². The SMILES string of the molecule is O=[N+]([O-])c1ccc(NCCS(=O)Cc2ccccc2)cc1. The summed E-state index contributed by atoms with van der Waals surface area (Å²) < 4.78 is 11.9. The lowest BCUT2D eigenvalue weighted by Crippen LogP contribution is -2.12. The zero-order valence-corrected chi connectivity index (χ0v) is 12.2. The molecule has 0 saturated carbocycles. The third-order valence-electron chi connectivity index (χ3n) is 2.91. The van der Waals surface area contributed by atoms with Gasteiger partial charge in [-0.1, -0.05) is 30.3 Å². The van der Waals surface area contributed by atoms with Crippen molar-refractivity contribution in [2.75, 3.05) is 17.6 Å². The summed E-state index contributed by atoms with van der Waals surface area (Å²) in [6.07, 6.45) is 0. The molecule has 2 aromatic rings. The highest BCUT2D eigenvalue weighted by Crippen LogP contribution is 2.15. The normalized spacial score (nSPS) is 11.8. The average molecular weight is 304 g/mol. The van der Waals surface area contributed by atoms with Gasteiger partial charge in [-0.05, 0) is 17.7 Å². The Hall–Kier alpha value is -2.21. The highest BCUT2D eigenvalue weighted by Gasteiger charge is 2.04. The van der Waals surface area contributed by atoms with Gasteiger partial charge in [0.2, 0.25) is 0 Å². The molecule has 2 aromatic carbocycles. The molecule has 0 fully saturated rings. The Bertz CT molecular complexity index is 615. The minimum atomic E-state index is -0.927. The van der Waals surface area contributed by atoms with E-state index in [0.29, 0.717) is 18.1 Å². The maximum Gasteiger partial charge on any atom is 0.269 e. The lowest BCUT2D eigenvalue weighted by molar-refractivity contribution is -0.384.